The zero-order chi connectivity index (χ0) is 19.8. The monoisotopic (exact) mass is 375 g/mol. The van der Waals surface area contributed by atoms with Gasteiger partial charge in [-0.2, -0.15) is 0 Å². The van der Waals surface area contributed by atoms with Crippen LogP contribution in [0.25, 0.3) is 0 Å². The molecule has 27 heavy (non-hydrogen) atoms. The van der Waals surface area contributed by atoms with E-state index in [1.54, 1.807) is 40.5 Å². The molecule has 0 amide bonds. The molecule has 0 radical (unpaired) electrons. The van der Waals surface area contributed by atoms with E-state index in [1.807, 2.05) is 24.1 Å². The fourth-order valence-electron chi connectivity index (χ4n) is 2.77. The van der Waals surface area contributed by atoms with E-state index in [0.29, 0.717) is 36.3 Å². The number of nitrogens with one attached hydrogen (secondary N) is 1. The molecule has 6 nitrogen and oxygen atoms in total. The van der Waals surface area contributed by atoms with Crippen LogP contribution < -0.4 is 19.5 Å². The van der Waals surface area contributed by atoms with Gasteiger partial charge in [0.1, 0.15) is 11.6 Å². The second kappa shape index (κ2) is 9.66. The highest BCUT2D eigenvalue weighted by Gasteiger charge is 2.13. The van der Waals surface area contributed by atoms with Crippen molar-refractivity contribution in [3.05, 3.63) is 53.3 Å². The summed E-state index contributed by atoms with van der Waals surface area (Å²) in [6.07, 6.45) is 0. The van der Waals surface area contributed by atoms with Crippen LogP contribution in [0.3, 0.4) is 0 Å². The number of aliphatic imine (C=N–C) groups is 1. The van der Waals surface area contributed by atoms with Gasteiger partial charge in [0, 0.05) is 38.8 Å². The van der Waals surface area contributed by atoms with E-state index in [-0.39, 0.29) is 5.82 Å². The Morgan fingerprint density at radius 3 is 2.30 bits per heavy atom. The van der Waals surface area contributed by atoms with Crippen LogP contribution in [0.4, 0.5) is 4.39 Å². The predicted molar refractivity (Wildman–Crippen MR) is 104 cm³/mol. The molecule has 7 heteroatoms. The highest BCUT2D eigenvalue weighted by molar-refractivity contribution is 5.79. The maximum absolute atomic E-state index is 13.4. The van der Waals surface area contributed by atoms with Crippen molar-refractivity contribution in [2.45, 2.75) is 13.1 Å². The summed E-state index contributed by atoms with van der Waals surface area (Å²) >= 11 is 0. The Balaban J connectivity index is 2.11. The maximum Gasteiger partial charge on any atom is 0.193 e. The molecule has 1 N–H and O–H groups in total. The summed E-state index contributed by atoms with van der Waals surface area (Å²) in [5, 5.41) is 3.29. The van der Waals surface area contributed by atoms with E-state index in [1.165, 1.54) is 12.1 Å². The second-order valence-electron chi connectivity index (χ2n) is 5.91. The molecule has 0 aliphatic carbocycles. The quantitative estimate of drug-likeness (QED) is 0.595. The first-order valence-electron chi connectivity index (χ1n) is 8.47. The van der Waals surface area contributed by atoms with Gasteiger partial charge in [0.2, 0.25) is 0 Å². The summed E-state index contributed by atoms with van der Waals surface area (Å²) < 4.78 is 29.5. The van der Waals surface area contributed by atoms with Crippen LogP contribution in [0, 0.1) is 5.82 Å². The van der Waals surface area contributed by atoms with Crippen LogP contribution in [0.1, 0.15) is 11.1 Å². The van der Waals surface area contributed by atoms with Gasteiger partial charge in [-0.05, 0) is 23.8 Å². The largest absolute Gasteiger partial charge is 0.496 e. The molecule has 0 aliphatic heterocycles. The number of ether oxygens (including phenoxy) is 3. The lowest BCUT2D eigenvalue weighted by Gasteiger charge is -2.23. The van der Waals surface area contributed by atoms with Crippen molar-refractivity contribution in [1.29, 1.82) is 0 Å². The molecule has 0 spiro atoms. The Morgan fingerprint density at radius 2 is 1.70 bits per heavy atom. The van der Waals surface area contributed by atoms with E-state index < -0.39 is 0 Å². The Kier molecular flexibility index (Phi) is 7.28. The lowest BCUT2D eigenvalue weighted by Crippen LogP contribution is -2.38. The van der Waals surface area contributed by atoms with Crippen molar-refractivity contribution in [1.82, 2.24) is 10.2 Å². The van der Waals surface area contributed by atoms with Gasteiger partial charge >= 0.3 is 0 Å². The number of guanidine groups is 1. The second-order valence-corrected chi connectivity index (χ2v) is 5.91. The summed E-state index contributed by atoms with van der Waals surface area (Å²) in [5.74, 6) is 2.34. The third kappa shape index (κ3) is 5.26. The first-order valence-corrected chi connectivity index (χ1v) is 8.47. The van der Waals surface area contributed by atoms with E-state index in [2.05, 4.69) is 10.3 Å². The molecule has 146 valence electrons. The van der Waals surface area contributed by atoms with Gasteiger partial charge < -0.3 is 24.4 Å². The summed E-state index contributed by atoms with van der Waals surface area (Å²) in [4.78, 5) is 6.21. The molecule has 2 aromatic carbocycles. The number of hydrogen-bond acceptors (Lipinski definition) is 4. The van der Waals surface area contributed by atoms with E-state index in [0.717, 1.165) is 11.1 Å². The minimum Gasteiger partial charge on any atom is -0.496 e. The normalized spacial score (nSPS) is 11.1. The van der Waals surface area contributed by atoms with E-state index in [9.17, 15) is 4.39 Å². The molecule has 0 bridgehead atoms. The van der Waals surface area contributed by atoms with Crippen LogP contribution in [0.5, 0.6) is 17.2 Å². The first-order chi connectivity index (χ1) is 13.0. The highest BCUT2D eigenvalue weighted by Crippen LogP contribution is 2.34. The van der Waals surface area contributed by atoms with Crippen molar-refractivity contribution < 1.29 is 18.6 Å². The summed E-state index contributed by atoms with van der Waals surface area (Å²) in [6.45, 7) is 1.00. The number of rotatable bonds is 7. The third-order valence-electron chi connectivity index (χ3n) is 4.11. The minimum atomic E-state index is -0.251. The number of nitrogens with zero attached hydrogens (tertiary/aromatic N) is 2. The Hall–Kier alpha value is -2.96. The minimum absolute atomic E-state index is 0.251. The molecule has 2 aromatic rings. The van der Waals surface area contributed by atoms with Crippen molar-refractivity contribution in [3.8, 4) is 17.2 Å². The lowest BCUT2D eigenvalue weighted by molar-refractivity contribution is 0.347. The molecular weight excluding hydrogens is 349 g/mol. The number of halogens is 1. The average molecular weight is 375 g/mol. The van der Waals surface area contributed by atoms with Gasteiger partial charge in [-0.1, -0.05) is 12.1 Å². The fourth-order valence-corrected chi connectivity index (χ4v) is 2.77. The number of hydrogen-bond donors (Lipinski definition) is 1. The lowest BCUT2D eigenvalue weighted by atomic mass is 10.1. The van der Waals surface area contributed by atoms with Gasteiger partial charge in [0.15, 0.2) is 17.5 Å². The molecule has 0 unspecified atom stereocenters. The number of methoxy groups -OCH3 is 3. The van der Waals surface area contributed by atoms with Crippen molar-refractivity contribution in [3.63, 3.8) is 0 Å². The van der Waals surface area contributed by atoms with Crippen LogP contribution in [-0.4, -0.2) is 46.3 Å². The van der Waals surface area contributed by atoms with Crippen LogP contribution in [-0.2, 0) is 13.1 Å². The Labute approximate surface area is 159 Å². The summed E-state index contributed by atoms with van der Waals surface area (Å²) in [7, 11) is 8.38. The zero-order valence-corrected chi connectivity index (χ0v) is 16.4. The number of benzene rings is 2. The maximum atomic E-state index is 13.4. The van der Waals surface area contributed by atoms with Gasteiger partial charge in [-0.25, -0.2) is 4.39 Å². The van der Waals surface area contributed by atoms with E-state index in [4.69, 9.17) is 14.2 Å². The average Bonchev–Trinajstić information content (AvgIpc) is 2.67. The SMILES string of the molecule is CN=C(NCc1cc(OC)c(OC)cc1OC)N(C)Cc1cccc(F)c1. The van der Waals surface area contributed by atoms with Crippen molar-refractivity contribution in [2.24, 2.45) is 4.99 Å². The first kappa shape index (κ1) is 20.4. The molecule has 2 rings (SSSR count). The molecular formula is C20H26FN3O3. The molecule has 0 atom stereocenters. The highest BCUT2D eigenvalue weighted by atomic mass is 19.1. The molecule has 0 saturated heterocycles. The summed E-state index contributed by atoms with van der Waals surface area (Å²) in [6, 6.07) is 10.2. The van der Waals surface area contributed by atoms with Crippen LogP contribution in [0.2, 0.25) is 0 Å². The van der Waals surface area contributed by atoms with Crippen molar-refractivity contribution in [2.75, 3.05) is 35.4 Å². The van der Waals surface area contributed by atoms with Gasteiger partial charge in [-0.15, -0.1) is 0 Å². The molecule has 0 heterocycles. The molecule has 0 aromatic heterocycles. The van der Waals surface area contributed by atoms with Crippen LogP contribution in [0.15, 0.2) is 41.4 Å². The third-order valence-corrected chi connectivity index (χ3v) is 4.11. The van der Waals surface area contributed by atoms with Gasteiger partial charge in [0.05, 0.1) is 21.3 Å². The smallest absolute Gasteiger partial charge is 0.193 e. The van der Waals surface area contributed by atoms with Crippen molar-refractivity contribution >= 4 is 5.96 Å². The van der Waals surface area contributed by atoms with E-state index >= 15 is 0 Å². The van der Waals surface area contributed by atoms with Gasteiger partial charge in [0.25, 0.3) is 0 Å². The topological polar surface area (TPSA) is 55.3 Å². The standard InChI is InChI=1S/C20H26FN3O3/c1-22-20(24(2)13-14-7-6-8-16(21)9-14)23-12-15-10-18(26-4)19(27-5)11-17(15)25-3/h6-11H,12-13H2,1-5H3,(H,22,23). The molecule has 0 aliphatic rings. The molecule has 0 fully saturated rings. The van der Waals surface area contributed by atoms with Gasteiger partial charge in [-0.3, -0.25) is 4.99 Å². The zero-order valence-electron chi connectivity index (χ0n) is 16.4. The Morgan fingerprint density at radius 1 is 1.04 bits per heavy atom. The Bertz CT molecular complexity index is 796. The summed E-state index contributed by atoms with van der Waals surface area (Å²) in [5.41, 5.74) is 1.76. The predicted octanol–water partition coefficient (Wildman–Crippen LogP) is 3.06. The molecule has 0 saturated carbocycles. The fraction of sp³-hybridized carbons (Fsp3) is 0.350. The van der Waals surface area contributed by atoms with Crippen LogP contribution >= 0.6 is 0 Å².